The maximum Gasteiger partial charge on any atom is 0.255 e. The number of carbonyl (C=O) groups excluding carboxylic acids is 1. The van der Waals surface area contributed by atoms with Crippen LogP contribution >= 0.6 is 0 Å². The third kappa shape index (κ3) is 3.58. The molecule has 0 unspecified atom stereocenters. The quantitative estimate of drug-likeness (QED) is 0.678. The zero-order chi connectivity index (χ0) is 21.4. The number of hydrogen-bond donors (Lipinski definition) is 2. The van der Waals surface area contributed by atoms with Crippen LogP contribution in [0.25, 0.3) is 0 Å². The summed E-state index contributed by atoms with van der Waals surface area (Å²) in [4.78, 5) is 13.4. The SMILES string of the molecule is CC1=C(C(=O)Nc2ccc(C)cc2C)[C@H](c2ccc(C(C)C)cc2)n2nnnc2N1. The lowest BCUT2D eigenvalue weighted by molar-refractivity contribution is -0.113. The second-order valence-electron chi connectivity index (χ2n) is 8.11. The van der Waals surface area contributed by atoms with E-state index in [9.17, 15) is 4.79 Å². The lowest BCUT2D eigenvalue weighted by atomic mass is 9.92. The molecule has 0 saturated carbocycles. The maximum absolute atomic E-state index is 13.4. The van der Waals surface area contributed by atoms with E-state index in [1.165, 1.54) is 5.56 Å². The van der Waals surface area contributed by atoms with Crippen molar-refractivity contribution in [1.82, 2.24) is 20.2 Å². The fourth-order valence-electron chi connectivity index (χ4n) is 3.82. The van der Waals surface area contributed by atoms with E-state index in [2.05, 4.69) is 70.3 Å². The van der Waals surface area contributed by atoms with Crippen LogP contribution in [0.4, 0.5) is 11.6 Å². The third-order valence-corrected chi connectivity index (χ3v) is 5.51. The highest BCUT2D eigenvalue weighted by Gasteiger charge is 2.34. The van der Waals surface area contributed by atoms with Crippen molar-refractivity contribution in [1.29, 1.82) is 0 Å². The van der Waals surface area contributed by atoms with Crippen LogP contribution in [-0.4, -0.2) is 26.1 Å². The molecular weight excluding hydrogens is 376 g/mol. The smallest absolute Gasteiger partial charge is 0.255 e. The molecule has 7 heteroatoms. The number of nitrogens with one attached hydrogen (secondary N) is 2. The molecule has 1 aromatic heterocycles. The molecule has 0 radical (unpaired) electrons. The summed E-state index contributed by atoms with van der Waals surface area (Å²) in [6.07, 6.45) is 0. The zero-order valence-electron chi connectivity index (χ0n) is 17.9. The number of fused-ring (bicyclic) bond motifs is 1. The van der Waals surface area contributed by atoms with Crippen LogP contribution in [0.2, 0.25) is 0 Å². The van der Waals surface area contributed by atoms with Gasteiger partial charge >= 0.3 is 0 Å². The monoisotopic (exact) mass is 402 g/mol. The van der Waals surface area contributed by atoms with Crippen LogP contribution < -0.4 is 10.6 Å². The molecule has 1 aliphatic rings. The molecule has 2 aromatic carbocycles. The molecule has 0 saturated heterocycles. The van der Waals surface area contributed by atoms with E-state index in [-0.39, 0.29) is 5.91 Å². The van der Waals surface area contributed by atoms with Gasteiger partial charge in [0.1, 0.15) is 6.04 Å². The summed E-state index contributed by atoms with van der Waals surface area (Å²) in [5, 5.41) is 18.2. The van der Waals surface area contributed by atoms with Crippen LogP contribution in [0, 0.1) is 13.8 Å². The molecule has 2 N–H and O–H groups in total. The molecule has 0 fully saturated rings. The Hall–Kier alpha value is -3.48. The van der Waals surface area contributed by atoms with Gasteiger partial charge < -0.3 is 10.6 Å². The van der Waals surface area contributed by atoms with Gasteiger partial charge in [-0.25, -0.2) is 0 Å². The second kappa shape index (κ2) is 7.74. The summed E-state index contributed by atoms with van der Waals surface area (Å²) in [5.41, 5.74) is 6.49. The summed E-state index contributed by atoms with van der Waals surface area (Å²) >= 11 is 0. The van der Waals surface area contributed by atoms with Crippen molar-refractivity contribution in [3.8, 4) is 0 Å². The standard InChI is InChI=1S/C23H26N6O/c1-13(2)17-7-9-18(10-8-17)21-20(16(5)24-23-26-27-28-29(21)23)22(30)25-19-11-6-14(3)12-15(19)4/h6-13,21H,1-5H3,(H,25,30)(H,24,26,28)/t21-/m0/s1. The molecular formula is C23H26N6O. The number of amides is 1. The molecule has 1 atom stereocenters. The van der Waals surface area contributed by atoms with Crippen LogP contribution in [0.15, 0.2) is 53.7 Å². The number of anilines is 2. The molecule has 7 nitrogen and oxygen atoms in total. The van der Waals surface area contributed by atoms with E-state index >= 15 is 0 Å². The minimum Gasteiger partial charge on any atom is -0.326 e. The Bertz CT molecular complexity index is 1130. The fourth-order valence-corrected chi connectivity index (χ4v) is 3.82. The molecule has 0 bridgehead atoms. The number of tetrazole rings is 1. The maximum atomic E-state index is 13.4. The normalized spacial score (nSPS) is 15.7. The molecule has 1 amide bonds. The zero-order valence-corrected chi connectivity index (χ0v) is 17.9. The van der Waals surface area contributed by atoms with Crippen molar-refractivity contribution in [2.24, 2.45) is 0 Å². The number of benzene rings is 2. The van der Waals surface area contributed by atoms with E-state index in [0.29, 0.717) is 17.4 Å². The number of aromatic nitrogens is 4. The highest BCUT2D eigenvalue weighted by Crippen LogP contribution is 2.35. The molecule has 30 heavy (non-hydrogen) atoms. The number of allylic oxidation sites excluding steroid dienone is 1. The number of aryl methyl sites for hydroxylation is 2. The second-order valence-corrected chi connectivity index (χ2v) is 8.11. The first kappa shape index (κ1) is 19.8. The Balaban J connectivity index is 1.74. The van der Waals surface area contributed by atoms with Gasteiger partial charge in [-0.1, -0.05) is 60.9 Å². The van der Waals surface area contributed by atoms with Crippen LogP contribution in [0.3, 0.4) is 0 Å². The van der Waals surface area contributed by atoms with Gasteiger partial charge in [0.05, 0.1) is 5.57 Å². The first-order valence-electron chi connectivity index (χ1n) is 10.1. The van der Waals surface area contributed by atoms with Crippen LogP contribution in [-0.2, 0) is 4.79 Å². The van der Waals surface area contributed by atoms with Crippen molar-refractivity contribution < 1.29 is 4.79 Å². The van der Waals surface area contributed by atoms with Crippen molar-refractivity contribution in [3.63, 3.8) is 0 Å². The molecule has 0 aliphatic carbocycles. The van der Waals surface area contributed by atoms with E-state index in [4.69, 9.17) is 0 Å². The summed E-state index contributed by atoms with van der Waals surface area (Å²) in [7, 11) is 0. The number of rotatable bonds is 4. The van der Waals surface area contributed by atoms with Crippen LogP contribution in [0.5, 0.6) is 0 Å². The van der Waals surface area contributed by atoms with E-state index in [1.54, 1.807) is 4.68 Å². The van der Waals surface area contributed by atoms with Gasteiger partial charge in [0, 0.05) is 11.4 Å². The predicted octanol–water partition coefficient (Wildman–Crippen LogP) is 4.34. The van der Waals surface area contributed by atoms with E-state index < -0.39 is 6.04 Å². The molecule has 154 valence electrons. The Kier molecular flexibility index (Phi) is 5.11. The van der Waals surface area contributed by atoms with Gasteiger partial charge in [-0.2, -0.15) is 4.68 Å². The lowest BCUT2D eigenvalue weighted by Gasteiger charge is -2.28. The first-order chi connectivity index (χ1) is 14.3. The lowest BCUT2D eigenvalue weighted by Crippen LogP contribution is -2.31. The van der Waals surface area contributed by atoms with Crippen molar-refractivity contribution in [2.75, 3.05) is 10.6 Å². The minimum absolute atomic E-state index is 0.175. The predicted molar refractivity (Wildman–Crippen MR) is 117 cm³/mol. The molecule has 4 rings (SSSR count). The first-order valence-corrected chi connectivity index (χ1v) is 10.1. The van der Waals surface area contributed by atoms with E-state index in [1.807, 2.05) is 32.9 Å². The minimum atomic E-state index is -0.414. The molecule has 3 aromatic rings. The van der Waals surface area contributed by atoms with Crippen LogP contribution in [0.1, 0.15) is 55.0 Å². The van der Waals surface area contributed by atoms with Gasteiger partial charge in [-0.3, -0.25) is 4.79 Å². The van der Waals surface area contributed by atoms with E-state index in [0.717, 1.165) is 28.1 Å². The third-order valence-electron chi connectivity index (χ3n) is 5.51. The Morgan fingerprint density at radius 3 is 2.50 bits per heavy atom. The number of nitrogens with zero attached hydrogens (tertiary/aromatic N) is 4. The van der Waals surface area contributed by atoms with Gasteiger partial charge in [-0.05, 0) is 59.9 Å². The average Bonchev–Trinajstić information content (AvgIpc) is 3.17. The van der Waals surface area contributed by atoms with Crippen molar-refractivity contribution in [3.05, 3.63) is 76.0 Å². The van der Waals surface area contributed by atoms with Gasteiger partial charge in [0.25, 0.3) is 5.91 Å². The Labute approximate surface area is 176 Å². The van der Waals surface area contributed by atoms with Crippen molar-refractivity contribution in [2.45, 2.75) is 46.6 Å². The summed E-state index contributed by atoms with van der Waals surface area (Å²) in [6.45, 7) is 10.2. The molecule has 1 aliphatic heterocycles. The topological polar surface area (TPSA) is 84.7 Å². The van der Waals surface area contributed by atoms with Gasteiger partial charge in [0.2, 0.25) is 5.95 Å². The van der Waals surface area contributed by atoms with Gasteiger partial charge in [0.15, 0.2) is 0 Å². The summed E-state index contributed by atoms with van der Waals surface area (Å²) in [5.74, 6) is 0.778. The number of hydrogen-bond acceptors (Lipinski definition) is 5. The summed E-state index contributed by atoms with van der Waals surface area (Å²) < 4.78 is 1.66. The Morgan fingerprint density at radius 2 is 1.83 bits per heavy atom. The molecule has 0 spiro atoms. The van der Waals surface area contributed by atoms with Crippen molar-refractivity contribution >= 4 is 17.5 Å². The fraction of sp³-hybridized carbons (Fsp3) is 0.304. The summed E-state index contributed by atoms with van der Waals surface area (Å²) in [6, 6.07) is 13.9. The average molecular weight is 403 g/mol. The molecule has 2 heterocycles. The highest BCUT2D eigenvalue weighted by atomic mass is 16.1. The largest absolute Gasteiger partial charge is 0.326 e. The number of carbonyl (C=O) groups is 1. The van der Waals surface area contributed by atoms with Gasteiger partial charge in [-0.15, -0.1) is 0 Å². The Morgan fingerprint density at radius 1 is 1.10 bits per heavy atom. The highest BCUT2D eigenvalue weighted by molar-refractivity contribution is 6.06.